The molecule has 1 atom stereocenters. The fourth-order valence-electron chi connectivity index (χ4n) is 2.69. The minimum Gasteiger partial charge on any atom is -0.444 e. The Bertz CT molecular complexity index is 401. The molecule has 0 bridgehead atoms. The molecular weight excluding hydrogens is 318 g/mol. The van der Waals surface area contributed by atoms with Crippen LogP contribution in [0.25, 0.3) is 0 Å². The van der Waals surface area contributed by atoms with E-state index in [1.807, 2.05) is 20.8 Å². The topological polar surface area (TPSA) is 78.0 Å². The molecule has 0 spiro atoms. The monoisotopic (exact) mass is 357 g/mol. The van der Waals surface area contributed by atoms with E-state index >= 15 is 0 Å². The van der Waals surface area contributed by atoms with Crippen molar-refractivity contribution in [3.63, 3.8) is 0 Å². The Labute approximate surface area is 154 Å². The molecule has 0 saturated carbocycles. The summed E-state index contributed by atoms with van der Waals surface area (Å²) in [6.07, 6.45) is 1.92. The van der Waals surface area contributed by atoms with Crippen molar-refractivity contribution in [2.75, 3.05) is 40.8 Å². The van der Waals surface area contributed by atoms with Crippen LogP contribution >= 0.6 is 0 Å². The van der Waals surface area contributed by atoms with Gasteiger partial charge < -0.3 is 25.6 Å². The first kappa shape index (κ1) is 23.5. The maximum Gasteiger partial charge on any atom is 0.407 e. The van der Waals surface area contributed by atoms with Gasteiger partial charge in [0.2, 0.25) is 0 Å². The molecule has 1 amide bonds. The smallest absolute Gasteiger partial charge is 0.407 e. The Morgan fingerprint density at radius 2 is 1.64 bits per heavy atom. The molecule has 1 unspecified atom stereocenters. The van der Waals surface area contributed by atoms with Crippen molar-refractivity contribution in [2.45, 2.75) is 59.1 Å². The highest BCUT2D eigenvalue weighted by Gasteiger charge is 2.20. The van der Waals surface area contributed by atoms with Gasteiger partial charge in [0.25, 0.3) is 0 Å². The second-order valence-electron chi connectivity index (χ2n) is 7.42. The van der Waals surface area contributed by atoms with Gasteiger partial charge in [-0.2, -0.15) is 0 Å². The van der Waals surface area contributed by atoms with Crippen LogP contribution in [0.1, 0.15) is 47.5 Å². The molecular formula is C18H39N5O2. The zero-order valence-corrected chi connectivity index (χ0v) is 17.4. The standard InChI is InChI=1S/C18H39N5O2/c1-9-14(10-2)15(23(7)8)13-22-16(19-6)20-11-12-21-17(24)25-18(3,4)5/h14-15H,9-13H2,1-8H3,(H,21,24)(H2,19,20,22). The highest BCUT2D eigenvalue weighted by molar-refractivity contribution is 5.79. The number of carbonyl (C=O) groups is 1. The van der Waals surface area contributed by atoms with Gasteiger partial charge in [-0.05, 0) is 40.8 Å². The number of hydrogen-bond donors (Lipinski definition) is 3. The summed E-state index contributed by atoms with van der Waals surface area (Å²) in [5.41, 5.74) is -0.481. The van der Waals surface area contributed by atoms with E-state index in [9.17, 15) is 4.79 Å². The molecule has 7 heteroatoms. The summed E-state index contributed by atoms with van der Waals surface area (Å²) in [6.45, 7) is 11.9. The van der Waals surface area contributed by atoms with Gasteiger partial charge in [0.1, 0.15) is 5.60 Å². The maximum absolute atomic E-state index is 11.6. The first-order valence-corrected chi connectivity index (χ1v) is 9.22. The molecule has 0 heterocycles. The summed E-state index contributed by atoms with van der Waals surface area (Å²) in [5, 5.41) is 9.31. The van der Waals surface area contributed by atoms with Crippen molar-refractivity contribution >= 4 is 12.1 Å². The van der Waals surface area contributed by atoms with Crippen LogP contribution in [0.2, 0.25) is 0 Å². The molecule has 0 aromatic rings. The Kier molecular flexibility index (Phi) is 11.2. The van der Waals surface area contributed by atoms with Crippen molar-refractivity contribution in [1.29, 1.82) is 0 Å². The van der Waals surface area contributed by atoms with Crippen molar-refractivity contribution in [2.24, 2.45) is 10.9 Å². The van der Waals surface area contributed by atoms with E-state index in [0.29, 0.717) is 25.0 Å². The lowest BCUT2D eigenvalue weighted by molar-refractivity contribution is 0.0529. The lowest BCUT2D eigenvalue weighted by atomic mass is 9.93. The van der Waals surface area contributed by atoms with Crippen molar-refractivity contribution in [3.8, 4) is 0 Å². The van der Waals surface area contributed by atoms with Crippen LogP contribution in [0.15, 0.2) is 4.99 Å². The number of likely N-dealkylation sites (N-methyl/N-ethyl adjacent to an activating group) is 1. The molecule has 0 aliphatic carbocycles. The number of rotatable bonds is 9. The summed E-state index contributed by atoms with van der Waals surface area (Å²) in [5.74, 6) is 1.39. The molecule has 3 N–H and O–H groups in total. The van der Waals surface area contributed by atoms with Crippen LogP contribution in [0.5, 0.6) is 0 Å². The molecule has 0 saturated heterocycles. The number of carbonyl (C=O) groups excluding carboxylic acids is 1. The van der Waals surface area contributed by atoms with E-state index in [-0.39, 0.29) is 0 Å². The van der Waals surface area contributed by atoms with E-state index in [4.69, 9.17) is 4.74 Å². The van der Waals surface area contributed by atoms with Crippen molar-refractivity contribution < 1.29 is 9.53 Å². The lowest BCUT2D eigenvalue weighted by Gasteiger charge is -2.32. The molecule has 0 aliphatic rings. The van der Waals surface area contributed by atoms with E-state index in [0.717, 1.165) is 25.3 Å². The third-order valence-corrected chi connectivity index (χ3v) is 4.04. The molecule has 0 radical (unpaired) electrons. The third-order valence-electron chi connectivity index (χ3n) is 4.04. The van der Waals surface area contributed by atoms with Gasteiger partial charge in [0.05, 0.1) is 0 Å². The van der Waals surface area contributed by atoms with Crippen molar-refractivity contribution in [1.82, 2.24) is 20.9 Å². The average Bonchev–Trinajstić information content (AvgIpc) is 2.51. The second-order valence-corrected chi connectivity index (χ2v) is 7.42. The van der Waals surface area contributed by atoms with Gasteiger partial charge in [-0.15, -0.1) is 0 Å². The predicted molar refractivity (Wildman–Crippen MR) is 105 cm³/mol. The minimum atomic E-state index is -0.481. The van der Waals surface area contributed by atoms with Crippen LogP contribution in [-0.4, -0.2) is 69.4 Å². The number of nitrogens with zero attached hydrogens (tertiary/aromatic N) is 2. The largest absolute Gasteiger partial charge is 0.444 e. The molecule has 0 fully saturated rings. The molecule has 0 aromatic carbocycles. The van der Waals surface area contributed by atoms with Gasteiger partial charge in [-0.1, -0.05) is 26.7 Å². The molecule has 0 rings (SSSR count). The summed E-state index contributed by atoms with van der Waals surface area (Å²) >= 11 is 0. The van der Waals surface area contributed by atoms with Crippen LogP contribution in [0.3, 0.4) is 0 Å². The van der Waals surface area contributed by atoms with E-state index in [1.54, 1.807) is 7.05 Å². The maximum atomic E-state index is 11.6. The molecule has 25 heavy (non-hydrogen) atoms. The van der Waals surface area contributed by atoms with Gasteiger partial charge >= 0.3 is 6.09 Å². The number of nitrogens with one attached hydrogen (secondary N) is 3. The summed E-state index contributed by atoms with van der Waals surface area (Å²) in [7, 11) is 5.98. The van der Waals surface area contributed by atoms with Gasteiger partial charge in [-0.25, -0.2) is 4.79 Å². The fourth-order valence-corrected chi connectivity index (χ4v) is 2.69. The van der Waals surface area contributed by atoms with E-state index < -0.39 is 11.7 Å². The Morgan fingerprint density at radius 3 is 2.08 bits per heavy atom. The minimum absolute atomic E-state index is 0.404. The van der Waals surface area contributed by atoms with Gasteiger partial charge in [-0.3, -0.25) is 4.99 Å². The molecule has 148 valence electrons. The van der Waals surface area contributed by atoms with Crippen LogP contribution in [0.4, 0.5) is 4.79 Å². The zero-order chi connectivity index (χ0) is 19.5. The summed E-state index contributed by atoms with van der Waals surface area (Å²) < 4.78 is 5.20. The molecule has 0 aromatic heterocycles. The number of aliphatic imine (C=N–C) groups is 1. The number of amides is 1. The second kappa shape index (κ2) is 12.0. The predicted octanol–water partition coefficient (Wildman–Crippen LogP) is 2.04. The third kappa shape index (κ3) is 10.9. The fraction of sp³-hybridized carbons (Fsp3) is 0.889. The number of hydrogen-bond acceptors (Lipinski definition) is 4. The SMILES string of the molecule is CCC(CC)C(CNC(=NC)NCCNC(=O)OC(C)(C)C)N(C)C. The lowest BCUT2D eigenvalue weighted by Crippen LogP contribution is -2.49. The Hall–Kier alpha value is -1.50. The number of alkyl carbamates (subject to hydrolysis) is 1. The Morgan fingerprint density at radius 1 is 1.08 bits per heavy atom. The van der Waals surface area contributed by atoms with Crippen LogP contribution in [-0.2, 0) is 4.74 Å². The summed E-state index contributed by atoms with van der Waals surface area (Å²) in [6, 6.07) is 0.452. The van der Waals surface area contributed by atoms with Gasteiger partial charge in [0.15, 0.2) is 5.96 Å². The average molecular weight is 358 g/mol. The normalized spacial score (nSPS) is 13.8. The van der Waals surface area contributed by atoms with Crippen molar-refractivity contribution in [3.05, 3.63) is 0 Å². The number of guanidine groups is 1. The Balaban J connectivity index is 4.24. The molecule has 0 aliphatic heterocycles. The van der Waals surface area contributed by atoms with Gasteiger partial charge in [0, 0.05) is 32.7 Å². The van der Waals surface area contributed by atoms with Crippen LogP contribution in [0, 0.1) is 5.92 Å². The first-order chi connectivity index (χ1) is 11.6. The quantitative estimate of drug-likeness (QED) is 0.334. The molecule has 7 nitrogen and oxygen atoms in total. The number of ether oxygens (including phenoxy) is 1. The highest BCUT2D eigenvalue weighted by atomic mass is 16.6. The first-order valence-electron chi connectivity index (χ1n) is 9.22. The zero-order valence-electron chi connectivity index (χ0n) is 17.4. The highest BCUT2D eigenvalue weighted by Crippen LogP contribution is 2.16. The summed E-state index contributed by atoms with van der Waals surface area (Å²) in [4.78, 5) is 18.1. The van der Waals surface area contributed by atoms with E-state index in [1.165, 1.54) is 0 Å². The van der Waals surface area contributed by atoms with E-state index in [2.05, 4.69) is 53.8 Å². The van der Waals surface area contributed by atoms with Crippen LogP contribution < -0.4 is 16.0 Å².